The van der Waals surface area contributed by atoms with Crippen LogP contribution in [-0.2, 0) is 4.79 Å². The van der Waals surface area contributed by atoms with Crippen molar-refractivity contribution in [3.05, 3.63) is 0 Å². The Morgan fingerprint density at radius 3 is 2.52 bits per heavy atom. The standard InChI is InChI=1S/C23H34O2/c1-5-9-23(25)12-8-19-17-13-15(2)20-14-16(24)6-10-21(20,3)18(17)7-11-22(19,23)4/h15,17-20,25H,6-8,10-14H2,1-4H3/t15-,17-,18+,19+,20-,21-,22+,23+/m1/s1. The van der Waals surface area contributed by atoms with Crippen LogP contribution in [0.2, 0.25) is 0 Å². The van der Waals surface area contributed by atoms with Gasteiger partial charge in [-0.25, -0.2) is 0 Å². The number of carbonyl (C=O) groups is 1. The van der Waals surface area contributed by atoms with Gasteiger partial charge in [0, 0.05) is 18.3 Å². The number of rotatable bonds is 0. The number of Topliss-reactive ketones (excluding diaryl/α,β-unsaturated/α-hetero) is 1. The van der Waals surface area contributed by atoms with Crippen LogP contribution in [0, 0.1) is 52.3 Å². The first-order valence-electron chi connectivity index (χ1n) is 10.4. The highest BCUT2D eigenvalue weighted by Gasteiger charge is 2.65. The molecule has 2 nitrogen and oxygen atoms in total. The first-order chi connectivity index (χ1) is 11.7. The fraction of sp³-hybridized carbons (Fsp3) is 0.870. The largest absolute Gasteiger partial charge is 0.377 e. The van der Waals surface area contributed by atoms with Crippen molar-refractivity contribution in [2.45, 2.75) is 84.7 Å². The molecule has 1 N–H and O–H groups in total. The molecule has 4 aliphatic rings. The van der Waals surface area contributed by atoms with Crippen molar-refractivity contribution in [2.24, 2.45) is 40.4 Å². The second-order valence-corrected chi connectivity index (χ2v) is 10.2. The molecule has 0 heterocycles. The van der Waals surface area contributed by atoms with Crippen molar-refractivity contribution in [2.75, 3.05) is 0 Å². The highest BCUT2D eigenvalue weighted by Crippen LogP contribution is 2.68. The quantitative estimate of drug-likeness (QED) is 0.653. The fourth-order valence-electron chi connectivity index (χ4n) is 7.94. The number of fused-ring (bicyclic) bond motifs is 5. The van der Waals surface area contributed by atoms with Crippen LogP contribution in [0.1, 0.15) is 79.1 Å². The Bertz CT molecular complexity index is 642. The number of hydrogen-bond acceptors (Lipinski definition) is 2. The maximum absolute atomic E-state index is 12.1. The van der Waals surface area contributed by atoms with Crippen molar-refractivity contribution in [3.8, 4) is 11.8 Å². The smallest absolute Gasteiger partial charge is 0.133 e. The van der Waals surface area contributed by atoms with Gasteiger partial charge in [-0.1, -0.05) is 26.7 Å². The number of hydrogen-bond donors (Lipinski definition) is 1. The summed E-state index contributed by atoms with van der Waals surface area (Å²) in [5, 5.41) is 11.3. The lowest BCUT2D eigenvalue weighted by Gasteiger charge is -2.62. The minimum atomic E-state index is -0.791. The van der Waals surface area contributed by atoms with E-state index in [-0.39, 0.29) is 5.41 Å². The Labute approximate surface area is 153 Å². The Hall–Kier alpha value is -0.810. The number of ketones is 1. The highest BCUT2D eigenvalue weighted by atomic mass is 16.3. The van der Waals surface area contributed by atoms with E-state index in [2.05, 4.69) is 32.6 Å². The van der Waals surface area contributed by atoms with Gasteiger partial charge in [0.25, 0.3) is 0 Å². The molecule has 0 amide bonds. The Balaban J connectivity index is 1.69. The molecule has 0 aliphatic heterocycles. The van der Waals surface area contributed by atoms with Gasteiger partial charge in [-0.3, -0.25) is 4.79 Å². The Morgan fingerprint density at radius 1 is 1.08 bits per heavy atom. The van der Waals surface area contributed by atoms with E-state index >= 15 is 0 Å². The van der Waals surface area contributed by atoms with Gasteiger partial charge >= 0.3 is 0 Å². The summed E-state index contributed by atoms with van der Waals surface area (Å²) in [6.07, 6.45) is 8.19. The van der Waals surface area contributed by atoms with Crippen molar-refractivity contribution < 1.29 is 9.90 Å². The van der Waals surface area contributed by atoms with Crippen LogP contribution < -0.4 is 0 Å². The third kappa shape index (κ3) is 2.24. The van der Waals surface area contributed by atoms with E-state index in [0.29, 0.717) is 34.9 Å². The van der Waals surface area contributed by atoms with E-state index in [1.54, 1.807) is 0 Å². The van der Waals surface area contributed by atoms with Crippen LogP contribution in [0.4, 0.5) is 0 Å². The van der Waals surface area contributed by atoms with Gasteiger partial charge in [0.05, 0.1) is 0 Å². The molecule has 138 valence electrons. The minimum Gasteiger partial charge on any atom is -0.377 e. The fourth-order valence-corrected chi connectivity index (χ4v) is 7.94. The number of carbonyl (C=O) groups excluding carboxylic acids is 1. The van der Waals surface area contributed by atoms with Crippen LogP contribution in [-0.4, -0.2) is 16.5 Å². The topological polar surface area (TPSA) is 37.3 Å². The van der Waals surface area contributed by atoms with Crippen molar-refractivity contribution >= 4 is 5.78 Å². The summed E-state index contributed by atoms with van der Waals surface area (Å²) >= 11 is 0. The third-order valence-corrected chi connectivity index (χ3v) is 9.34. The van der Waals surface area contributed by atoms with E-state index in [0.717, 1.165) is 44.4 Å². The summed E-state index contributed by atoms with van der Waals surface area (Å²) in [6, 6.07) is 0. The Kier molecular flexibility index (Phi) is 3.94. The molecule has 0 bridgehead atoms. The van der Waals surface area contributed by atoms with E-state index in [1.807, 2.05) is 6.92 Å². The molecule has 4 fully saturated rings. The molecule has 4 saturated carbocycles. The Morgan fingerprint density at radius 2 is 1.80 bits per heavy atom. The predicted molar refractivity (Wildman–Crippen MR) is 99.7 cm³/mol. The average Bonchev–Trinajstić information content (AvgIpc) is 2.82. The summed E-state index contributed by atoms with van der Waals surface area (Å²) in [5.41, 5.74) is -0.514. The average molecular weight is 343 g/mol. The molecule has 0 unspecified atom stereocenters. The molecule has 0 spiro atoms. The summed E-state index contributed by atoms with van der Waals surface area (Å²) < 4.78 is 0. The molecule has 0 radical (unpaired) electrons. The summed E-state index contributed by atoms with van der Waals surface area (Å²) in [6.45, 7) is 9.05. The second-order valence-electron chi connectivity index (χ2n) is 10.2. The molecular formula is C23H34O2. The zero-order valence-corrected chi connectivity index (χ0v) is 16.4. The lowest BCUT2D eigenvalue weighted by Crippen LogP contribution is -2.58. The van der Waals surface area contributed by atoms with Gasteiger partial charge in [0.2, 0.25) is 0 Å². The molecule has 25 heavy (non-hydrogen) atoms. The van der Waals surface area contributed by atoms with Gasteiger partial charge in [-0.05, 0) is 80.5 Å². The van der Waals surface area contributed by atoms with Crippen molar-refractivity contribution in [3.63, 3.8) is 0 Å². The number of aliphatic hydroxyl groups is 1. The molecule has 0 aromatic carbocycles. The van der Waals surface area contributed by atoms with E-state index < -0.39 is 5.60 Å². The second kappa shape index (κ2) is 5.59. The monoisotopic (exact) mass is 342 g/mol. The summed E-state index contributed by atoms with van der Waals surface area (Å²) in [4.78, 5) is 12.1. The normalized spacial score (nSPS) is 54.8. The van der Waals surface area contributed by atoms with Gasteiger partial charge in [-0.2, -0.15) is 0 Å². The van der Waals surface area contributed by atoms with Crippen LogP contribution in [0.15, 0.2) is 0 Å². The maximum Gasteiger partial charge on any atom is 0.133 e. The van der Waals surface area contributed by atoms with Crippen LogP contribution in [0.5, 0.6) is 0 Å². The summed E-state index contributed by atoms with van der Waals surface area (Å²) in [5.74, 6) is 9.93. The van der Waals surface area contributed by atoms with Crippen LogP contribution >= 0.6 is 0 Å². The van der Waals surface area contributed by atoms with Crippen LogP contribution in [0.25, 0.3) is 0 Å². The first kappa shape index (κ1) is 17.6. The zero-order chi connectivity index (χ0) is 18.0. The van der Waals surface area contributed by atoms with Gasteiger partial charge in [0.15, 0.2) is 0 Å². The molecule has 8 atom stereocenters. The summed E-state index contributed by atoms with van der Waals surface area (Å²) in [7, 11) is 0. The van der Waals surface area contributed by atoms with Crippen LogP contribution in [0.3, 0.4) is 0 Å². The van der Waals surface area contributed by atoms with Gasteiger partial charge in [0.1, 0.15) is 11.4 Å². The van der Waals surface area contributed by atoms with Gasteiger partial charge in [-0.15, -0.1) is 5.92 Å². The lowest BCUT2D eigenvalue weighted by atomic mass is 9.42. The first-order valence-corrected chi connectivity index (χ1v) is 10.4. The maximum atomic E-state index is 12.1. The van der Waals surface area contributed by atoms with Crippen molar-refractivity contribution in [1.29, 1.82) is 0 Å². The van der Waals surface area contributed by atoms with Crippen molar-refractivity contribution in [1.82, 2.24) is 0 Å². The molecule has 4 rings (SSSR count). The molecule has 0 saturated heterocycles. The molecule has 4 aliphatic carbocycles. The lowest BCUT2D eigenvalue weighted by molar-refractivity contribution is -0.158. The molecule has 0 aromatic heterocycles. The molecular weight excluding hydrogens is 308 g/mol. The van der Waals surface area contributed by atoms with E-state index in [4.69, 9.17) is 0 Å². The zero-order valence-electron chi connectivity index (χ0n) is 16.4. The third-order valence-electron chi connectivity index (χ3n) is 9.34. The van der Waals surface area contributed by atoms with E-state index in [9.17, 15) is 9.90 Å². The SMILES string of the molecule is CC#C[C@]1(O)CC[C@H]2[C@@H]3C[C@@H](C)[C@H]4CC(=O)CC[C@]4(C)[C@H]3CC[C@@]21C. The predicted octanol–water partition coefficient (Wildman–Crippen LogP) is 4.60. The minimum absolute atomic E-state index is 0.0510. The molecule has 2 heteroatoms. The van der Waals surface area contributed by atoms with Gasteiger partial charge < -0.3 is 5.11 Å². The highest BCUT2D eigenvalue weighted by molar-refractivity contribution is 5.79. The molecule has 0 aromatic rings. The van der Waals surface area contributed by atoms with E-state index in [1.165, 1.54) is 12.8 Å².